The predicted octanol–water partition coefficient (Wildman–Crippen LogP) is 4.02. The largest absolute Gasteiger partial charge is 0.485 e. The number of hydrogen-bond donors (Lipinski definition) is 1. The first-order valence-electron chi connectivity index (χ1n) is 5.04. The van der Waals surface area contributed by atoms with Crippen LogP contribution in [0.5, 0.6) is 0 Å². The molecule has 0 aliphatic heterocycles. The van der Waals surface area contributed by atoms with Crippen molar-refractivity contribution >= 4 is 35.1 Å². The first-order valence-corrected chi connectivity index (χ1v) is 5.89. The van der Waals surface area contributed by atoms with Crippen LogP contribution in [0.3, 0.4) is 0 Å². The maximum absolute atomic E-state index is 5.97. The van der Waals surface area contributed by atoms with Crippen molar-refractivity contribution < 1.29 is 4.74 Å². The minimum absolute atomic E-state index is 0.0168. The van der Waals surface area contributed by atoms with Crippen molar-refractivity contribution in [3.05, 3.63) is 28.8 Å². The van der Waals surface area contributed by atoms with E-state index in [1.54, 1.807) is 0 Å². The van der Waals surface area contributed by atoms with Gasteiger partial charge in [0.05, 0.1) is 0 Å². The molecule has 0 radical (unpaired) electrons. The van der Waals surface area contributed by atoms with E-state index < -0.39 is 0 Å². The molecule has 1 aromatic rings. The minimum atomic E-state index is -0.0168. The topological polar surface area (TPSA) is 21.3 Å². The van der Waals surface area contributed by atoms with Crippen LogP contribution in [0.2, 0.25) is 5.02 Å². The van der Waals surface area contributed by atoms with Gasteiger partial charge in [0.15, 0.2) is 0 Å². The average molecular weight is 258 g/mol. The molecule has 0 fully saturated rings. The van der Waals surface area contributed by atoms with E-state index >= 15 is 0 Å². The summed E-state index contributed by atoms with van der Waals surface area (Å²) in [5.74, 6) is 0. The number of ether oxygens (including phenoxy) is 1. The summed E-state index contributed by atoms with van der Waals surface area (Å²) < 4.78 is 5.12. The first kappa shape index (κ1) is 13.3. The quantitative estimate of drug-likeness (QED) is 0.823. The fourth-order valence-electron chi connectivity index (χ4n) is 1.32. The fourth-order valence-corrected chi connectivity index (χ4v) is 1.56. The molecule has 0 amide bonds. The highest BCUT2D eigenvalue weighted by molar-refractivity contribution is 7.78. The molecule has 2 nitrogen and oxygen atoms in total. The Morgan fingerprint density at radius 2 is 2.12 bits per heavy atom. The molecule has 0 spiro atoms. The smallest absolute Gasteiger partial charge is 0.146 e. The molecule has 0 saturated carbocycles. The third-order valence-corrected chi connectivity index (χ3v) is 2.26. The van der Waals surface area contributed by atoms with Gasteiger partial charge in [-0.15, -0.1) is 0 Å². The lowest BCUT2D eigenvalue weighted by Crippen LogP contribution is -2.26. The third kappa shape index (κ3) is 4.37. The predicted molar refractivity (Wildman–Crippen MR) is 73.3 cm³/mol. The Morgan fingerprint density at radius 3 is 2.69 bits per heavy atom. The van der Waals surface area contributed by atoms with Crippen molar-refractivity contribution in [3.8, 4) is 0 Å². The highest BCUT2D eigenvalue weighted by Crippen LogP contribution is 2.24. The standard InChI is InChI=1S/C12H16ClNOS/c1-12(2,3)14-11-6-10(13)5-4-9(11)7-15-8-16/h4-6,8,14H,7H2,1-3H3. The number of rotatable bonds is 4. The number of anilines is 1. The molecule has 4 heteroatoms. The monoisotopic (exact) mass is 257 g/mol. The van der Waals surface area contributed by atoms with Crippen LogP contribution >= 0.6 is 23.8 Å². The molecule has 0 aromatic heterocycles. The highest BCUT2D eigenvalue weighted by atomic mass is 35.5. The molecule has 0 saturated heterocycles. The van der Waals surface area contributed by atoms with Crippen molar-refractivity contribution in [2.45, 2.75) is 32.9 Å². The zero-order valence-corrected chi connectivity index (χ0v) is 11.3. The zero-order chi connectivity index (χ0) is 12.2. The van der Waals surface area contributed by atoms with Crippen molar-refractivity contribution in [3.63, 3.8) is 0 Å². The van der Waals surface area contributed by atoms with Gasteiger partial charge in [0, 0.05) is 21.8 Å². The summed E-state index contributed by atoms with van der Waals surface area (Å²) in [6.45, 7) is 6.74. The lowest BCUT2D eigenvalue weighted by Gasteiger charge is -2.24. The van der Waals surface area contributed by atoms with Crippen molar-refractivity contribution in [1.29, 1.82) is 0 Å². The fraction of sp³-hybridized carbons (Fsp3) is 0.417. The first-order chi connectivity index (χ1) is 7.42. The van der Waals surface area contributed by atoms with Crippen LogP contribution in [0.15, 0.2) is 18.2 Å². The molecule has 0 atom stereocenters. The van der Waals surface area contributed by atoms with E-state index in [1.165, 1.54) is 5.55 Å². The molecule has 1 rings (SSSR count). The Hall–Kier alpha value is -0.800. The van der Waals surface area contributed by atoms with Crippen LogP contribution in [0.1, 0.15) is 26.3 Å². The van der Waals surface area contributed by atoms with Crippen LogP contribution in [-0.4, -0.2) is 11.1 Å². The number of halogens is 1. The molecular formula is C12H16ClNOS. The van der Waals surface area contributed by atoms with E-state index in [1.807, 2.05) is 18.2 Å². The minimum Gasteiger partial charge on any atom is -0.485 e. The summed E-state index contributed by atoms with van der Waals surface area (Å²) >= 11 is 10.6. The Labute approximate surface area is 107 Å². The van der Waals surface area contributed by atoms with Gasteiger partial charge in [0.1, 0.15) is 12.2 Å². The maximum atomic E-state index is 5.97. The van der Waals surface area contributed by atoms with E-state index in [4.69, 9.17) is 16.3 Å². The second-order valence-corrected chi connectivity index (χ2v) is 5.21. The van der Waals surface area contributed by atoms with Crippen molar-refractivity contribution in [2.75, 3.05) is 5.32 Å². The van der Waals surface area contributed by atoms with Crippen LogP contribution in [0.25, 0.3) is 0 Å². The maximum Gasteiger partial charge on any atom is 0.146 e. The van der Waals surface area contributed by atoms with E-state index in [0.29, 0.717) is 11.6 Å². The average Bonchev–Trinajstić information content (AvgIpc) is 2.14. The molecule has 1 N–H and O–H groups in total. The summed E-state index contributed by atoms with van der Waals surface area (Å²) in [5, 5.41) is 4.09. The number of thiocarbonyl (C=S) groups is 1. The van der Waals surface area contributed by atoms with Gasteiger partial charge in [-0.3, -0.25) is 0 Å². The van der Waals surface area contributed by atoms with Gasteiger partial charge in [-0.1, -0.05) is 17.7 Å². The Kier molecular flexibility index (Phi) is 4.56. The summed E-state index contributed by atoms with van der Waals surface area (Å²) in [7, 11) is 0. The van der Waals surface area contributed by atoms with Gasteiger partial charge in [-0.2, -0.15) is 0 Å². The van der Waals surface area contributed by atoms with Crippen molar-refractivity contribution in [2.24, 2.45) is 0 Å². The highest BCUT2D eigenvalue weighted by Gasteiger charge is 2.12. The Balaban J connectivity index is 2.93. The van der Waals surface area contributed by atoms with Crippen LogP contribution in [0, 0.1) is 0 Å². The SMILES string of the molecule is CC(C)(C)Nc1cc(Cl)ccc1COC=S. The van der Waals surface area contributed by atoms with E-state index in [0.717, 1.165) is 11.3 Å². The van der Waals surface area contributed by atoms with Gasteiger partial charge >= 0.3 is 0 Å². The van der Waals surface area contributed by atoms with Gasteiger partial charge in [0.25, 0.3) is 0 Å². The summed E-state index contributed by atoms with van der Waals surface area (Å²) in [4.78, 5) is 0. The molecule has 0 bridgehead atoms. The van der Waals surface area contributed by atoms with E-state index in [9.17, 15) is 0 Å². The zero-order valence-electron chi connectivity index (χ0n) is 9.71. The molecular weight excluding hydrogens is 242 g/mol. The Bertz CT molecular complexity index is 374. The molecule has 1 aromatic carbocycles. The summed E-state index contributed by atoms with van der Waals surface area (Å²) in [6.07, 6.45) is 0. The van der Waals surface area contributed by atoms with E-state index in [-0.39, 0.29) is 5.54 Å². The van der Waals surface area contributed by atoms with Gasteiger partial charge in [0.2, 0.25) is 0 Å². The molecule has 0 aliphatic carbocycles. The molecule has 0 aliphatic rings. The van der Waals surface area contributed by atoms with Gasteiger partial charge in [-0.25, -0.2) is 0 Å². The lowest BCUT2D eigenvalue weighted by molar-refractivity contribution is 0.315. The van der Waals surface area contributed by atoms with Crippen LogP contribution < -0.4 is 5.32 Å². The summed E-state index contributed by atoms with van der Waals surface area (Å²) in [6, 6.07) is 5.68. The number of hydrogen-bond acceptors (Lipinski definition) is 3. The number of nitrogens with one attached hydrogen (secondary N) is 1. The molecule has 88 valence electrons. The van der Waals surface area contributed by atoms with E-state index in [2.05, 4.69) is 38.3 Å². The normalized spacial score (nSPS) is 11.0. The third-order valence-electron chi connectivity index (χ3n) is 1.89. The Morgan fingerprint density at radius 1 is 1.44 bits per heavy atom. The molecule has 0 heterocycles. The lowest BCUT2D eigenvalue weighted by atomic mass is 10.1. The molecule has 0 unspecified atom stereocenters. The second kappa shape index (κ2) is 5.51. The van der Waals surface area contributed by atoms with Crippen LogP contribution in [0.4, 0.5) is 5.69 Å². The van der Waals surface area contributed by atoms with Gasteiger partial charge in [-0.05, 0) is 45.1 Å². The van der Waals surface area contributed by atoms with Crippen LogP contribution in [-0.2, 0) is 11.3 Å². The number of benzene rings is 1. The van der Waals surface area contributed by atoms with Crippen molar-refractivity contribution in [1.82, 2.24) is 0 Å². The molecule has 16 heavy (non-hydrogen) atoms. The van der Waals surface area contributed by atoms with Gasteiger partial charge < -0.3 is 10.1 Å². The second-order valence-electron chi connectivity index (χ2n) is 4.58. The summed E-state index contributed by atoms with van der Waals surface area (Å²) in [5.41, 5.74) is 3.28.